The fraction of sp³-hybridized carbons (Fsp3) is 0.364. The third-order valence-corrected chi connectivity index (χ3v) is 2.26. The Kier molecular flexibility index (Phi) is 2.96. The van der Waals surface area contributed by atoms with Gasteiger partial charge in [-0.05, 0) is 48.9 Å². The quantitative estimate of drug-likeness (QED) is 0.824. The van der Waals surface area contributed by atoms with E-state index in [2.05, 4.69) is 21.5 Å². The average Bonchev–Trinajstić information content (AvgIpc) is 2.65. The molecule has 0 aliphatic carbocycles. The standard InChI is InChI=1S/C11H15N5/c1-8-5-9(2)7-10(6-8)16-14-11(3-4-12)13-15-16/h5-7H,3-4,12H2,1-2H3. The van der Waals surface area contributed by atoms with E-state index in [9.17, 15) is 0 Å². The van der Waals surface area contributed by atoms with Gasteiger partial charge < -0.3 is 5.73 Å². The summed E-state index contributed by atoms with van der Waals surface area (Å²) in [6.07, 6.45) is 0.658. The first-order chi connectivity index (χ1) is 7.69. The molecule has 0 saturated heterocycles. The second kappa shape index (κ2) is 4.40. The van der Waals surface area contributed by atoms with E-state index < -0.39 is 0 Å². The molecule has 1 aromatic heterocycles. The van der Waals surface area contributed by atoms with E-state index >= 15 is 0 Å². The molecule has 0 amide bonds. The van der Waals surface area contributed by atoms with Gasteiger partial charge in [0.25, 0.3) is 0 Å². The molecule has 0 fully saturated rings. The van der Waals surface area contributed by atoms with Crippen LogP contribution in [-0.4, -0.2) is 26.8 Å². The topological polar surface area (TPSA) is 69.6 Å². The molecule has 0 saturated carbocycles. The zero-order valence-electron chi connectivity index (χ0n) is 9.51. The van der Waals surface area contributed by atoms with Crippen LogP contribution < -0.4 is 5.73 Å². The van der Waals surface area contributed by atoms with Gasteiger partial charge in [-0.2, -0.15) is 0 Å². The van der Waals surface area contributed by atoms with Gasteiger partial charge in [-0.3, -0.25) is 0 Å². The molecule has 0 radical (unpaired) electrons. The van der Waals surface area contributed by atoms with Crippen molar-refractivity contribution >= 4 is 0 Å². The fourth-order valence-electron chi connectivity index (χ4n) is 1.65. The molecule has 84 valence electrons. The van der Waals surface area contributed by atoms with Crippen molar-refractivity contribution in [2.45, 2.75) is 20.3 Å². The molecule has 0 aliphatic heterocycles. The first-order valence-corrected chi connectivity index (χ1v) is 5.26. The average molecular weight is 217 g/mol. The molecule has 1 aromatic carbocycles. The number of benzene rings is 1. The molecule has 0 atom stereocenters. The second-order valence-electron chi connectivity index (χ2n) is 3.88. The van der Waals surface area contributed by atoms with E-state index in [4.69, 9.17) is 5.73 Å². The molecule has 5 nitrogen and oxygen atoms in total. The minimum absolute atomic E-state index is 0.540. The highest BCUT2D eigenvalue weighted by atomic mass is 15.6. The van der Waals surface area contributed by atoms with Crippen LogP contribution in [0.1, 0.15) is 17.0 Å². The summed E-state index contributed by atoms with van der Waals surface area (Å²) in [6.45, 7) is 4.64. The summed E-state index contributed by atoms with van der Waals surface area (Å²) >= 11 is 0. The van der Waals surface area contributed by atoms with Crippen molar-refractivity contribution < 1.29 is 0 Å². The van der Waals surface area contributed by atoms with Crippen LogP contribution in [0.3, 0.4) is 0 Å². The van der Waals surface area contributed by atoms with Crippen molar-refractivity contribution in [3.8, 4) is 5.69 Å². The Morgan fingerprint density at radius 2 is 1.88 bits per heavy atom. The van der Waals surface area contributed by atoms with Crippen molar-refractivity contribution in [1.82, 2.24) is 20.2 Å². The van der Waals surface area contributed by atoms with Gasteiger partial charge in [0, 0.05) is 6.42 Å². The van der Waals surface area contributed by atoms with Crippen LogP contribution in [0, 0.1) is 13.8 Å². The first kappa shape index (κ1) is 10.8. The lowest BCUT2D eigenvalue weighted by Crippen LogP contribution is -2.05. The molecule has 1 heterocycles. The maximum atomic E-state index is 5.44. The number of tetrazole rings is 1. The summed E-state index contributed by atoms with van der Waals surface area (Å²) in [4.78, 5) is 1.55. The van der Waals surface area contributed by atoms with Crippen molar-refractivity contribution in [1.29, 1.82) is 0 Å². The smallest absolute Gasteiger partial charge is 0.176 e. The highest BCUT2D eigenvalue weighted by Gasteiger charge is 2.04. The normalized spacial score (nSPS) is 10.7. The SMILES string of the molecule is Cc1cc(C)cc(-n2nnc(CCN)n2)c1. The summed E-state index contributed by atoms with van der Waals surface area (Å²) in [5.74, 6) is 0.682. The van der Waals surface area contributed by atoms with Gasteiger partial charge in [-0.1, -0.05) is 6.07 Å². The predicted molar refractivity (Wildman–Crippen MR) is 61.4 cm³/mol. The van der Waals surface area contributed by atoms with Gasteiger partial charge in [0.1, 0.15) is 0 Å². The van der Waals surface area contributed by atoms with E-state index in [1.807, 2.05) is 26.0 Å². The van der Waals surface area contributed by atoms with Crippen LogP contribution in [-0.2, 0) is 6.42 Å². The summed E-state index contributed by atoms with van der Waals surface area (Å²) in [5, 5.41) is 12.2. The van der Waals surface area contributed by atoms with Crippen molar-refractivity contribution in [2.24, 2.45) is 5.73 Å². The van der Waals surface area contributed by atoms with Gasteiger partial charge in [-0.25, -0.2) is 0 Å². The Balaban J connectivity index is 2.34. The lowest BCUT2D eigenvalue weighted by Gasteiger charge is -2.02. The molecular weight excluding hydrogens is 202 g/mol. The second-order valence-corrected chi connectivity index (χ2v) is 3.88. The van der Waals surface area contributed by atoms with E-state index in [-0.39, 0.29) is 0 Å². The Labute approximate surface area is 94.3 Å². The third-order valence-electron chi connectivity index (χ3n) is 2.26. The van der Waals surface area contributed by atoms with Crippen LogP contribution in [0.4, 0.5) is 0 Å². The maximum Gasteiger partial charge on any atom is 0.176 e. The lowest BCUT2D eigenvalue weighted by atomic mass is 10.1. The molecule has 5 heteroatoms. The number of nitrogens with two attached hydrogens (primary N) is 1. The van der Waals surface area contributed by atoms with Gasteiger partial charge in [0.05, 0.1) is 5.69 Å². The van der Waals surface area contributed by atoms with Crippen molar-refractivity contribution in [3.63, 3.8) is 0 Å². The third kappa shape index (κ3) is 2.25. The molecule has 0 aliphatic rings. The Bertz CT molecular complexity index is 469. The van der Waals surface area contributed by atoms with Crippen LogP contribution in [0.2, 0.25) is 0 Å². The monoisotopic (exact) mass is 217 g/mol. The van der Waals surface area contributed by atoms with E-state index in [0.29, 0.717) is 18.8 Å². The minimum atomic E-state index is 0.540. The number of hydrogen-bond acceptors (Lipinski definition) is 4. The summed E-state index contributed by atoms with van der Waals surface area (Å²) in [6, 6.07) is 6.17. The van der Waals surface area contributed by atoms with Gasteiger partial charge in [0.2, 0.25) is 0 Å². The Morgan fingerprint density at radius 1 is 1.19 bits per heavy atom. The first-order valence-electron chi connectivity index (χ1n) is 5.26. The number of nitrogens with zero attached hydrogens (tertiary/aromatic N) is 4. The predicted octanol–water partition coefficient (Wildman–Crippen LogP) is 0.780. The molecule has 16 heavy (non-hydrogen) atoms. The highest BCUT2D eigenvalue weighted by Crippen LogP contribution is 2.11. The number of rotatable bonds is 3. The van der Waals surface area contributed by atoms with Gasteiger partial charge in [-0.15, -0.1) is 15.0 Å². The zero-order chi connectivity index (χ0) is 11.5. The lowest BCUT2D eigenvalue weighted by molar-refractivity contribution is 0.716. The van der Waals surface area contributed by atoms with Crippen LogP contribution in [0.15, 0.2) is 18.2 Å². The van der Waals surface area contributed by atoms with Crippen LogP contribution in [0.5, 0.6) is 0 Å². The van der Waals surface area contributed by atoms with Crippen molar-refractivity contribution in [3.05, 3.63) is 35.2 Å². The van der Waals surface area contributed by atoms with Crippen LogP contribution in [0.25, 0.3) is 5.69 Å². The largest absolute Gasteiger partial charge is 0.330 e. The molecule has 0 spiro atoms. The van der Waals surface area contributed by atoms with Gasteiger partial charge >= 0.3 is 0 Å². The molecular formula is C11H15N5. The summed E-state index contributed by atoms with van der Waals surface area (Å²) in [7, 11) is 0. The molecule has 2 N–H and O–H groups in total. The van der Waals surface area contributed by atoms with E-state index in [1.165, 1.54) is 11.1 Å². The summed E-state index contributed by atoms with van der Waals surface area (Å²) in [5.41, 5.74) is 8.75. The van der Waals surface area contributed by atoms with Crippen LogP contribution >= 0.6 is 0 Å². The van der Waals surface area contributed by atoms with Crippen molar-refractivity contribution in [2.75, 3.05) is 6.54 Å². The maximum absolute atomic E-state index is 5.44. The zero-order valence-corrected chi connectivity index (χ0v) is 9.51. The number of aryl methyl sites for hydroxylation is 2. The minimum Gasteiger partial charge on any atom is -0.330 e. The molecule has 0 unspecified atom stereocenters. The molecule has 2 rings (SSSR count). The highest BCUT2D eigenvalue weighted by molar-refractivity contribution is 5.37. The molecule has 2 aromatic rings. The Hall–Kier alpha value is -1.75. The van der Waals surface area contributed by atoms with E-state index in [1.54, 1.807) is 4.80 Å². The number of hydrogen-bond donors (Lipinski definition) is 1. The Morgan fingerprint density at radius 3 is 2.50 bits per heavy atom. The fourth-order valence-corrected chi connectivity index (χ4v) is 1.65. The number of aromatic nitrogens is 4. The van der Waals surface area contributed by atoms with E-state index in [0.717, 1.165) is 5.69 Å². The summed E-state index contributed by atoms with van der Waals surface area (Å²) < 4.78 is 0. The molecule has 0 bridgehead atoms. The van der Waals surface area contributed by atoms with Gasteiger partial charge in [0.15, 0.2) is 5.82 Å².